The van der Waals surface area contributed by atoms with Gasteiger partial charge >= 0.3 is 0 Å². The van der Waals surface area contributed by atoms with Crippen molar-refractivity contribution < 1.29 is 28.1 Å². The van der Waals surface area contributed by atoms with Crippen LogP contribution in [0.15, 0.2) is 60.7 Å². The number of halogens is 1. The summed E-state index contributed by atoms with van der Waals surface area (Å²) in [5.41, 5.74) is 2.48. The average molecular weight is 394 g/mol. The van der Waals surface area contributed by atoms with E-state index in [9.17, 15) is 9.18 Å². The molecule has 29 heavy (non-hydrogen) atoms. The van der Waals surface area contributed by atoms with Gasteiger partial charge in [0.05, 0.1) is 13.7 Å². The molecule has 0 spiro atoms. The summed E-state index contributed by atoms with van der Waals surface area (Å²) in [5.74, 6) is 1.01. The number of ether oxygens (including phenoxy) is 4. The molecule has 3 aromatic rings. The van der Waals surface area contributed by atoms with Gasteiger partial charge < -0.3 is 18.9 Å². The summed E-state index contributed by atoms with van der Waals surface area (Å²) < 4.78 is 37.0. The van der Waals surface area contributed by atoms with Gasteiger partial charge in [0, 0.05) is 22.3 Å². The Balaban J connectivity index is 1.61. The molecule has 6 heteroatoms. The number of rotatable bonds is 6. The summed E-state index contributed by atoms with van der Waals surface area (Å²) >= 11 is 0. The molecule has 1 heterocycles. The van der Waals surface area contributed by atoms with Gasteiger partial charge in [0.2, 0.25) is 6.29 Å². The topological polar surface area (TPSA) is 54.0 Å². The van der Waals surface area contributed by atoms with Crippen LogP contribution in [-0.4, -0.2) is 13.4 Å². The van der Waals surface area contributed by atoms with E-state index in [1.165, 1.54) is 19.2 Å². The third-order valence-electron chi connectivity index (χ3n) is 4.60. The Bertz CT molecular complexity index is 1020. The average Bonchev–Trinajstić information content (AvgIpc) is 2.77. The van der Waals surface area contributed by atoms with E-state index in [-0.39, 0.29) is 13.2 Å². The molecule has 0 bridgehead atoms. The highest BCUT2D eigenvalue weighted by molar-refractivity contribution is 5.76. The number of methoxy groups -OCH3 is 1. The molecule has 0 amide bonds. The van der Waals surface area contributed by atoms with Gasteiger partial charge in [0.25, 0.3) is 0 Å². The molecule has 148 valence electrons. The molecule has 4 rings (SSSR count). The lowest BCUT2D eigenvalue weighted by Crippen LogP contribution is -2.19. The zero-order valence-corrected chi connectivity index (χ0v) is 15.8. The highest BCUT2D eigenvalue weighted by Gasteiger charge is 2.25. The van der Waals surface area contributed by atoms with Gasteiger partial charge in [-0.2, -0.15) is 0 Å². The molecule has 1 atom stereocenters. The Morgan fingerprint density at radius 2 is 1.93 bits per heavy atom. The van der Waals surface area contributed by atoms with Crippen molar-refractivity contribution in [1.82, 2.24) is 0 Å². The Kier molecular flexibility index (Phi) is 5.44. The lowest BCUT2D eigenvalue weighted by Gasteiger charge is -2.28. The Labute approximate surface area is 167 Å². The fourth-order valence-electron chi connectivity index (χ4n) is 3.19. The van der Waals surface area contributed by atoms with E-state index in [0.29, 0.717) is 33.9 Å². The fourth-order valence-corrected chi connectivity index (χ4v) is 3.19. The molecule has 0 N–H and O–H groups in total. The number of carbonyl (C=O) groups excluding carboxylic acids is 1. The molecular formula is C23H19FO5. The first-order chi connectivity index (χ1) is 14.2. The van der Waals surface area contributed by atoms with Crippen molar-refractivity contribution in [3.63, 3.8) is 0 Å². The van der Waals surface area contributed by atoms with Crippen molar-refractivity contribution >= 4 is 6.29 Å². The van der Waals surface area contributed by atoms with Crippen LogP contribution in [0.2, 0.25) is 0 Å². The van der Waals surface area contributed by atoms with E-state index in [0.717, 1.165) is 11.8 Å². The zero-order chi connectivity index (χ0) is 20.2. The number of fused-ring (bicyclic) bond motifs is 1. The third kappa shape index (κ3) is 4.07. The Hall–Kier alpha value is -3.38. The standard InChI is InChI=1S/C23H19FO5/c1-26-20-8-7-15(12-25)9-21(20)27-13-17-10-19(24)11-18-14-28-23(29-22(17)18)16-5-3-2-4-6-16/h2-12,23H,13-14H2,1H3/t23-/m0/s1. The third-order valence-corrected chi connectivity index (χ3v) is 4.60. The second-order valence-electron chi connectivity index (χ2n) is 6.54. The van der Waals surface area contributed by atoms with Crippen LogP contribution >= 0.6 is 0 Å². The highest BCUT2D eigenvalue weighted by atomic mass is 19.1. The highest BCUT2D eigenvalue weighted by Crippen LogP contribution is 2.37. The van der Waals surface area contributed by atoms with Gasteiger partial charge in [-0.3, -0.25) is 4.79 Å². The molecule has 1 aliphatic rings. The normalized spacial score (nSPS) is 15.2. The maximum atomic E-state index is 14.1. The number of carbonyl (C=O) groups is 1. The molecule has 0 radical (unpaired) electrons. The molecule has 0 aromatic heterocycles. The van der Waals surface area contributed by atoms with Gasteiger partial charge in [-0.15, -0.1) is 0 Å². The molecule has 5 nitrogen and oxygen atoms in total. The van der Waals surface area contributed by atoms with Crippen molar-refractivity contribution in [3.05, 3.63) is 88.7 Å². The summed E-state index contributed by atoms with van der Waals surface area (Å²) in [4.78, 5) is 11.1. The quantitative estimate of drug-likeness (QED) is 0.561. The summed E-state index contributed by atoms with van der Waals surface area (Å²) in [6, 6.07) is 17.2. The van der Waals surface area contributed by atoms with Crippen LogP contribution in [0.4, 0.5) is 4.39 Å². The van der Waals surface area contributed by atoms with E-state index < -0.39 is 12.1 Å². The first-order valence-corrected chi connectivity index (χ1v) is 9.08. The van der Waals surface area contributed by atoms with E-state index in [4.69, 9.17) is 18.9 Å². The van der Waals surface area contributed by atoms with Crippen LogP contribution in [0.25, 0.3) is 0 Å². The number of benzene rings is 3. The van der Waals surface area contributed by atoms with E-state index in [2.05, 4.69) is 0 Å². The number of hydrogen-bond donors (Lipinski definition) is 0. The van der Waals surface area contributed by atoms with Gasteiger partial charge in [0.1, 0.15) is 24.5 Å². The van der Waals surface area contributed by atoms with Gasteiger partial charge in [-0.05, 0) is 30.3 Å². The first kappa shape index (κ1) is 19.0. The van der Waals surface area contributed by atoms with Crippen molar-refractivity contribution in [1.29, 1.82) is 0 Å². The van der Waals surface area contributed by atoms with Gasteiger partial charge in [-0.25, -0.2) is 4.39 Å². The lowest BCUT2D eigenvalue weighted by molar-refractivity contribution is -0.112. The molecule has 0 aliphatic carbocycles. The minimum absolute atomic E-state index is 0.0419. The van der Waals surface area contributed by atoms with E-state index >= 15 is 0 Å². The predicted octanol–water partition coefficient (Wildman–Crippen LogP) is 4.83. The maximum Gasteiger partial charge on any atom is 0.227 e. The lowest BCUT2D eigenvalue weighted by atomic mass is 10.1. The molecule has 0 saturated heterocycles. The van der Waals surface area contributed by atoms with E-state index in [1.54, 1.807) is 18.2 Å². The van der Waals surface area contributed by atoms with Gasteiger partial charge in [-0.1, -0.05) is 30.3 Å². The summed E-state index contributed by atoms with van der Waals surface area (Å²) in [7, 11) is 1.51. The van der Waals surface area contributed by atoms with Crippen LogP contribution in [0.1, 0.15) is 33.3 Å². The minimum Gasteiger partial charge on any atom is -0.493 e. The minimum atomic E-state index is -0.583. The Morgan fingerprint density at radius 1 is 1.10 bits per heavy atom. The summed E-state index contributed by atoms with van der Waals surface area (Å²) in [5, 5.41) is 0. The van der Waals surface area contributed by atoms with E-state index in [1.807, 2.05) is 30.3 Å². The molecular weight excluding hydrogens is 375 g/mol. The maximum absolute atomic E-state index is 14.1. The smallest absolute Gasteiger partial charge is 0.227 e. The predicted molar refractivity (Wildman–Crippen MR) is 104 cm³/mol. The zero-order valence-electron chi connectivity index (χ0n) is 15.8. The number of aldehydes is 1. The molecule has 3 aromatic carbocycles. The Morgan fingerprint density at radius 3 is 2.69 bits per heavy atom. The van der Waals surface area contributed by atoms with Crippen molar-refractivity contribution in [2.45, 2.75) is 19.5 Å². The molecule has 0 saturated carbocycles. The van der Waals surface area contributed by atoms with Crippen LogP contribution < -0.4 is 14.2 Å². The van der Waals surface area contributed by atoms with Crippen molar-refractivity contribution in [2.75, 3.05) is 7.11 Å². The van der Waals surface area contributed by atoms with Crippen LogP contribution in [0.5, 0.6) is 17.2 Å². The van der Waals surface area contributed by atoms with Crippen LogP contribution in [-0.2, 0) is 18.0 Å². The monoisotopic (exact) mass is 394 g/mol. The van der Waals surface area contributed by atoms with Crippen molar-refractivity contribution in [2.24, 2.45) is 0 Å². The molecule has 0 unspecified atom stereocenters. The first-order valence-electron chi connectivity index (χ1n) is 9.08. The van der Waals surface area contributed by atoms with Crippen LogP contribution in [0.3, 0.4) is 0 Å². The fraction of sp³-hybridized carbons (Fsp3) is 0.174. The molecule has 0 fully saturated rings. The van der Waals surface area contributed by atoms with Crippen LogP contribution in [0, 0.1) is 5.82 Å². The number of hydrogen-bond acceptors (Lipinski definition) is 5. The van der Waals surface area contributed by atoms with Crippen molar-refractivity contribution in [3.8, 4) is 17.2 Å². The summed E-state index contributed by atoms with van der Waals surface area (Å²) in [6.07, 6.45) is 0.141. The van der Waals surface area contributed by atoms with Gasteiger partial charge in [0.15, 0.2) is 11.5 Å². The second-order valence-corrected chi connectivity index (χ2v) is 6.54. The second kappa shape index (κ2) is 8.32. The summed E-state index contributed by atoms with van der Waals surface area (Å²) in [6.45, 7) is 0.268. The molecule has 1 aliphatic heterocycles. The largest absolute Gasteiger partial charge is 0.493 e. The SMILES string of the molecule is COc1ccc(C=O)cc1OCc1cc(F)cc2c1O[C@@H](c1ccccc1)OC2.